The zero-order valence-corrected chi connectivity index (χ0v) is 12.9. The molecule has 1 aromatic heterocycles. The minimum atomic E-state index is -2.88. The van der Waals surface area contributed by atoms with Gasteiger partial charge in [0.15, 0.2) is 9.84 Å². The van der Waals surface area contributed by atoms with Gasteiger partial charge < -0.3 is 10.2 Å². The molecule has 1 N–H and O–H groups in total. The van der Waals surface area contributed by atoms with Crippen molar-refractivity contribution in [1.29, 1.82) is 0 Å². The Labute approximate surface area is 120 Å². The van der Waals surface area contributed by atoms with Crippen LogP contribution in [0.25, 0.3) is 0 Å². The molecule has 2 heterocycles. The van der Waals surface area contributed by atoms with Gasteiger partial charge in [0, 0.05) is 25.3 Å². The first-order valence-electron chi connectivity index (χ1n) is 7.09. The fourth-order valence-corrected chi connectivity index (χ4v) is 4.19. The number of nitrogens with one attached hydrogen (secondary N) is 1. The number of hydrogen-bond donors (Lipinski definition) is 1. The zero-order chi connectivity index (χ0) is 14.6. The summed E-state index contributed by atoms with van der Waals surface area (Å²) in [4.78, 5) is 10.7. The molecule has 0 amide bonds. The molecule has 1 aromatic rings. The first-order chi connectivity index (χ1) is 9.55. The summed E-state index contributed by atoms with van der Waals surface area (Å²) in [6.45, 7) is 5.67. The van der Waals surface area contributed by atoms with Crippen LogP contribution in [0.4, 0.5) is 11.8 Å². The number of rotatable bonds is 6. The standard InChI is InChI=1S/C13H22N4O2S/c1-3-7-14-13-15-8-5-12(16-13)17(4-2)11-6-9-20(18,19)10-11/h5,8,11H,3-4,6-7,9-10H2,1-2H3,(H,14,15,16). The number of anilines is 2. The molecule has 6 nitrogen and oxygen atoms in total. The summed E-state index contributed by atoms with van der Waals surface area (Å²) < 4.78 is 23.3. The quantitative estimate of drug-likeness (QED) is 0.853. The molecule has 1 fully saturated rings. The first kappa shape index (κ1) is 15.0. The van der Waals surface area contributed by atoms with Gasteiger partial charge in [0.05, 0.1) is 11.5 Å². The third-order valence-corrected chi connectivity index (χ3v) is 5.21. The maximum Gasteiger partial charge on any atom is 0.224 e. The normalized spacial score (nSPS) is 20.8. The smallest absolute Gasteiger partial charge is 0.224 e. The third-order valence-electron chi connectivity index (χ3n) is 3.46. The van der Waals surface area contributed by atoms with Crippen LogP contribution in [0.3, 0.4) is 0 Å². The molecule has 1 aliphatic rings. The maximum absolute atomic E-state index is 11.6. The molecule has 0 bridgehead atoms. The van der Waals surface area contributed by atoms with Crippen molar-refractivity contribution in [1.82, 2.24) is 9.97 Å². The summed E-state index contributed by atoms with van der Waals surface area (Å²) in [5.74, 6) is 1.90. The topological polar surface area (TPSA) is 75.2 Å². The molecule has 7 heteroatoms. The van der Waals surface area contributed by atoms with Crippen LogP contribution in [0.5, 0.6) is 0 Å². The van der Waals surface area contributed by atoms with E-state index >= 15 is 0 Å². The Morgan fingerprint density at radius 2 is 2.25 bits per heavy atom. The molecule has 0 aliphatic carbocycles. The molecule has 1 aliphatic heterocycles. The molecule has 1 saturated heterocycles. The second-order valence-corrected chi connectivity index (χ2v) is 7.24. The SMILES string of the molecule is CCCNc1nccc(N(CC)C2CCS(=O)(=O)C2)n1. The largest absolute Gasteiger partial charge is 0.354 e. The highest BCUT2D eigenvalue weighted by Gasteiger charge is 2.32. The van der Waals surface area contributed by atoms with Crippen molar-refractivity contribution in [3.8, 4) is 0 Å². The van der Waals surface area contributed by atoms with Gasteiger partial charge in [-0.15, -0.1) is 0 Å². The van der Waals surface area contributed by atoms with Crippen LogP contribution in [-0.2, 0) is 9.84 Å². The van der Waals surface area contributed by atoms with Gasteiger partial charge in [0.2, 0.25) is 5.95 Å². The van der Waals surface area contributed by atoms with E-state index in [9.17, 15) is 8.42 Å². The second-order valence-electron chi connectivity index (χ2n) is 5.01. The lowest BCUT2D eigenvalue weighted by atomic mass is 10.2. The first-order valence-corrected chi connectivity index (χ1v) is 8.92. The van der Waals surface area contributed by atoms with Gasteiger partial charge in [-0.25, -0.2) is 13.4 Å². The summed E-state index contributed by atoms with van der Waals surface area (Å²) >= 11 is 0. The molecule has 112 valence electrons. The van der Waals surface area contributed by atoms with E-state index in [-0.39, 0.29) is 17.5 Å². The summed E-state index contributed by atoms with van der Waals surface area (Å²) in [5.41, 5.74) is 0. The fraction of sp³-hybridized carbons (Fsp3) is 0.692. The van der Waals surface area contributed by atoms with Crippen molar-refractivity contribution in [2.75, 3.05) is 34.8 Å². The zero-order valence-electron chi connectivity index (χ0n) is 12.0. The van der Waals surface area contributed by atoms with Gasteiger partial charge in [-0.1, -0.05) is 6.92 Å². The van der Waals surface area contributed by atoms with E-state index in [4.69, 9.17) is 0 Å². The van der Waals surface area contributed by atoms with E-state index in [0.717, 1.165) is 25.3 Å². The van der Waals surface area contributed by atoms with Crippen LogP contribution in [-0.4, -0.2) is 49.0 Å². The molecule has 0 saturated carbocycles. The lowest BCUT2D eigenvalue weighted by molar-refractivity contribution is 0.599. The fourth-order valence-electron chi connectivity index (χ4n) is 2.46. The van der Waals surface area contributed by atoms with Crippen molar-refractivity contribution in [2.45, 2.75) is 32.7 Å². The van der Waals surface area contributed by atoms with Gasteiger partial charge in [-0.05, 0) is 25.8 Å². The molecule has 0 radical (unpaired) electrons. The minimum absolute atomic E-state index is 0.0268. The van der Waals surface area contributed by atoms with Gasteiger partial charge in [0.25, 0.3) is 0 Å². The average Bonchev–Trinajstić information content (AvgIpc) is 2.78. The highest BCUT2D eigenvalue weighted by Crippen LogP contribution is 2.23. The van der Waals surface area contributed by atoms with Crippen LogP contribution < -0.4 is 10.2 Å². The molecule has 1 atom stereocenters. The number of nitrogens with zero attached hydrogens (tertiary/aromatic N) is 3. The summed E-state index contributed by atoms with van der Waals surface area (Å²) in [6.07, 6.45) is 3.40. The number of hydrogen-bond acceptors (Lipinski definition) is 6. The third kappa shape index (κ3) is 3.59. The van der Waals surface area contributed by atoms with E-state index in [1.54, 1.807) is 6.20 Å². The summed E-state index contributed by atoms with van der Waals surface area (Å²) in [5, 5.41) is 3.15. The predicted octanol–water partition coefficient (Wildman–Crippen LogP) is 1.31. The Bertz CT molecular complexity index is 547. The highest BCUT2D eigenvalue weighted by molar-refractivity contribution is 7.91. The Morgan fingerprint density at radius 1 is 1.45 bits per heavy atom. The van der Waals surface area contributed by atoms with Crippen molar-refractivity contribution in [2.24, 2.45) is 0 Å². The Balaban J connectivity index is 2.15. The van der Waals surface area contributed by atoms with E-state index in [0.29, 0.717) is 12.4 Å². The van der Waals surface area contributed by atoms with Crippen LogP contribution in [0.1, 0.15) is 26.7 Å². The number of sulfone groups is 1. The summed E-state index contributed by atoms with van der Waals surface area (Å²) in [7, 11) is -2.88. The minimum Gasteiger partial charge on any atom is -0.354 e. The van der Waals surface area contributed by atoms with Gasteiger partial charge in [-0.3, -0.25) is 0 Å². The van der Waals surface area contributed by atoms with Gasteiger partial charge in [-0.2, -0.15) is 4.98 Å². The van der Waals surface area contributed by atoms with E-state index in [1.807, 2.05) is 13.0 Å². The average molecular weight is 298 g/mol. The van der Waals surface area contributed by atoms with Crippen molar-refractivity contribution in [3.63, 3.8) is 0 Å². The van der Waals surface area contributed by atoms with Crippen molar-refractivity contribution >= 4 is 21.6 Å². The second kappa shape index (κ2) is 6.39. The Morgan fingerprint density at radius 3 is 2.85 bits per heavy atom. The molecule has 0 spiro atoms. The Kier molecular flexibility index (Phi) is 4.80. The molecular formula is C13H22N4O2S. The number of aromatic nitrogens is 2. The van der Waals surface area contributed by atoms with Crippen LogP contribution >= 0.6 is 0 Å². The van der Waals surface area contributed by atoms with Crippen LogP contribution in [0, 0.1) is 0 Å². The lowest BCUT2D eigenvalue weighted by Crippen LogP contribution is -2.36. The highest BCUT2D eigenvalue weighted by atomic mass is 32.2. The predicted molar refractivity (Wildman–Crippen MR) is 80.9 cm³/mol. The van der Waals surface area contributed by atoms with E-state index in [1.165, 1.54) is 0 Å². The van der Waals surface area contributed by atoms with E-state index in [2.05, 4.69) is 27.1 Å². The van der Waals surface area contributed by atoms with Crippen molar-refractivity contribution in [3.05, 3.63) is 12.3 Å². The molecule has 1 unspecified atom stereocenters. The van der Waals surface area contributed by atoms with Gasteiger partial charge >= 0.3 is 0 Å². The van der Waals surface area contributed by atoms with Crippen LogP contribution in [0.15, 0.2) is 12.3 Å². The van der Waals surface area contributed by atoms with Gasteiger partial charge in [0.1, 0.15) is 5.82 Å². The maximum atomic E-state index is 11.6. The molecule has 0 aromatic carbocycles. The molecule has 2 rings (SSSR count). The van der Waals surface area contributed by atoms with Crippen molar-refractivity contribution < 1.29 is 8.42 Å². The van der Waals surface area contributed by atoms with E-state index < -0.39 is 9.84 Å². The molecular weight excluding hydrogens is 276 g/mol. The summed E-state index contributed by atoms with van der Waals surface area (Å²) in [6, 6.07) is 1.87. The Hall–Kier alpha value is -1.37. The lowest BCUT2D eigenvalue weighted by Gasteiger charge is -2.28. The monoisotopic (exact) mass is 298 g/mol. The van der Waals surface area contributed by atoms with Crippen LogP contribution in [0.2, 0.25) is 0 Å². The molecule has 20 heavy (non-hydrogen) atoms.